The molecular weight excluding hydrogens is 270 g/mol. The van der Waals surface area contributed by atoms with Crippen molar-refractivity contribution in [2.75, 3.05) is 26.2 Å². The van der Waals surface area contributed by atoms with Gasteiger partial charge in [-0.15, -0.1) is 0 Å². The van der Waals surface area contributed by atoms with Crippen LogP contribution < -0.4 is 0 Å². The van der Waals surface area contributed by atoms with Crippen molar-refractivity contribution in [1.29, 1.82) is 0 Å². The fraction of sp³-hybridized carbons (Fsp3) is 1.00. The summed E-state index contributed by atoms with van der Waals surface area (Å²) in [6.07, 6.45) is 8.36. The molecule has 1 saturated heterocycles. The SMILES string of the molecule is CC(C)(C)CCC1CCN(CC2(COC(C)(C)C)CC2)CC1. The average Bonchev–Trinajstić information content (AvgIpc) is 3.14. The van der Waals surface area contributed by atoms with E-state index in [4.69, 9.17) is 4.74 Å². The summed E-state index contributed by atoms with van der Waals surface area (Å²) in [7, 11) is 0. The van der Waals surface area contributed by atoms with Crippen LogP contribution in [0.1, 0.15) is 80.1 Å². The van der Waals surface area contributed by atoms with E-state index < -0.39 is 0 Å². The van der Waals surface area contributed by atoms with Gasteiger partial charge < -0.3 is 9.64 Å². The standard InChI is InChI=1S/C20H39NO/c1-18(2,3)10-7-17-8-13-21(14-9-17)15-20(11-12-20)16-22-19(4,5)6/h17H,7-16H2,1-6H3. The van der Waals surface area contributed by atoms with Crippen LogP contribution in [-0.2, 0) is 4.74 Å². The molecule has 130 valence electrons. The van der Waals surface area contributed by atoms with E-state index in [1.165, 1.54) is 58.2 Å². The molecule has 0 aromatic rings. The summed E-state index contributed by atoms with van der Waals surface area (Å²) >= 11 is 0. The van der Waals surface area contributed by atoms with Crippen LogP contribution in [0.4, 0.5) is 0 Å². The van der Waals surface area contributed by atoms with Gasteiger partial charge in [-0.25, -0.2) is 0 Å². The molecule has 1 heterocycles. The van der Waals surface area contributed by atoms with Gasteiger partial charge in [0.1, 0.15) is 0 Å². The van der Waals surface area contributed by atoms with Gasteiger partial charge in [-0.05, 0) is 83.7 Å². The Morgan fingerprint density at radius 1 is 1.00 bits per heavy atom. The van der Waals surface area contributed by atoms with Crippen molar-refractivity contribution in [2.45, 2.75) is 85.7 Å². The molecule has 1 saturated carbocycles. The minimum absolute atomic E-state index is 0.00946. The summed E-state index contributed by atoms with van der Waals surface area (Å²) in [6, 6.07) is 0. The lowest BCUT2D eigenvalue weighted by molar-refractivity contribution is -0.0356. The highest BCUT2D eigenvalue weighted by Crippen LogP contribution is 2.47. The second kappa shape index (κ2) is 6.81. The van der Waals surface area contributed by atoms with Gasteiger partial charge in [0.15, 0.2) is 0 Å². The maximum Gasteiger partial charge on any atom is 0.0598 e. The van der Waals surface area contributed by atoms with Crippen molar-refractivity contribution in [3.05, 3.63) is 0 Å². The van der Waals surface area contributed by atoms with E-state index in [1.54, 1.807) is 0 Å². The number of ether oxygens (including phenoxy) is 1. The first-order chi connectivity index (χ1) is 10.1. The molecule has 0 aromatic carbocycles. The molecular formula is C20H39NO. The second-order valence-electron chi connectivity index (χ2n) is 10.2. The largest absolute Gasteiger partial charge is 0.375 e. The Morgan fingerprint density at radius 3 is 2.05 bits per heavy atom. The van der Waals surface area contributed by atoms with Crippen molar-refractivity contribution >= 4 is 0 Å². The monoisotopic (exact) mass is 309 g/mol. The summed E-state index contributed by atoms with van der Waals surface area (Å²) in [5.41, 5.74) is 1.00. The predicted octanol–water partition coefficient (Wildman–Crippen LogP) is 5.12. The fourth-order valence-electron chi connectivity index (χ4n) is 3.44. The Kier molecular flexibility index (Phi) is 5.65. The van der Waals surface area contributed by atoms with Crippen molar-refractivity contribution < 1.29 is 4.74 Å². The lowest BCUT2D eigenvalue weighted by Crippen LogP contribution is -2.40. The molecule has 22 heavy (non-hydrogen) atoms. The zero-order valence-corrected chi connectivity index (χ0v) is 16.0. The molecule has 0 bridgehead atoms. The molecule has 0 atom stereocenters. The van der Waals surface area contributed by atoms with Gasteiger partial charge in [0.05, 0.1) is 12.2 Å². The van der Waals surface area contributed by atoms with E-state index >= 15 is 0 Å². The topological polar surface area (TPSA) is 12.5 Å². The van der Waals surface area contributed by atoms with Crippen molar-refractivity contribution in [1.82, 2.24) is 4.90 Å². The van der Waals surface area contributed by atoms with Crippen molar-refractivity contribution in [2.24, 2.45) is 16.7 Å². The van der Waals surface area contributed by atoms with E-state index in [0.29, 0.717) is 10.8 Å². The van der Waals surface area contributed by atoms with Gasteiger partial charge in [0.25, 0.3) is 0 Å². The quantitative estimate of drug-likeness (QED) is 0.675. The van der Waals surface area contributed by atoms with E-state index in [2.05, 4.69) is 46.4 Å². The third-order valence-electron chi connectivity index (χ3n) is 5.34. The van der Waals surface area contributed by atoms with Gasteiger partial charge in [-0.1, -0.05) is 20.8 Å². The summed E-state index contributed by atoms with van der Waals surface area (Å²) in [5.74, 6) is 0.969. The maximum absolute atomic E-state index is 6.07. The zero-order valence-electron chi connectivity index (χ0n) is 16.0. The minimum atomic E-state index is 0.00946. The number of hydrogen-bond acceptors (Lipinski definition) is 2. The van der Waals surface area contributed by atoms with Crippen LogP contribution in [0.15, 0.2) is 0 Å². The summed E-state index contributed by atoms with van der Waals surface area (Å²) in [4.78, 5) is 2.71. The van der Waals surface area contributed by atoms with E-state index in [1.807, 2.05) is 0 Å². The zero-order chi connectivity index (χ0) is 16.4. The Hall–Kier alpha value is -0.0800. The van der Waals surface area contributed by atoms with Crippen LogP contribution in [0.25, 0.3) is 0 Å². The smallest absolute Gasteiger partial charge is 0.0598 e. The van der Waals surface area contributed by atoms with Gasteiger partial charge in [-0.3, -0.25) is 0 Å². The molecule has 2 aliphatic rings. The molecule has 2 heteroatoms. The molecule has 1 aliphatic heterocycles. The summed E-state index contributed by atoms with van der Waals surface area (Å²) < 4.78 is 6.07. The lowest BCUT2D eigenvalue weighted by Gasteiger charge is -2.36. The normalized spacial score (nSPS) is 23.7. The first-order valence-electron chi connectivity index (χ1n) is 9.43. The molecule has 0 aromatic heterocycles. The number of hydrogen-bond donors (Lipinski definition) is 0. The van der Waals surface area contributed by atoms with Crippen LogP contribution in [0.2, 0.25) is 0 Å². The van der Waals surface area contributed by atoms with Crippen LogP contribution >= 0.6 is 0 Å². The number of nitrogens with zero attached hydrogens (tertiary/aromatic N) is 1. The molecule has 2 rings (SSSR count). The van der Waals surface area contributed by atoms with Gasteiger partial charge in [-0.2, -0.15) is 0 Å². The highest BCUT2D eigenvalue weighted by molar-refractivity contribution is 4.96. The molecule has 0 radical (unpaired) electrons. The Labute approximate surface area is 139 Å². The number of rotatable bonds is 6. The maximum atomic E-state index is 6.07. The van der Waals surface area contributed by atoms with Crippen LogP contribution in [0, 0.1) is 16.7 Å². The van der Waals surface area contributed by atoms with Crippen LogP contribution in [0.5, 0.6) is 0 Å². The van der Waals surface area contributed by atoms with Gasteiger partial charge >= 0.3 is 0 Å². The lowest BCUT2D eigenvalue weighted by atomic mass is 9.83. The fourth-order valence-corrected chi connectivity index (χ4v) is 3.44. The molecule has 0 unspecified atom stereocenters. The second-order valence-corrected chi connectivity index (χ2v) is 10.2. The predicted molar refractivity (Wildman–Crippen MR) is 95.2 cm³/mol. The molecule has 0 amide bonds. The first-order valence-corrected chi connectivity index (χ1v) is 9.43. The molecule has 0 N–H and O–H groups in total. The summed E-state index contributed by atoms with van der Waals surface area (Å²) in [6.45, 7) is 18.5. The van der Waals surface area contributed by atoms with Crippen LogP contribution in [0.3, 0.4) is 0 Å². The highest BCUT2D eigenvalue weighted by Gasteiger charge is 2.45. The van der Waals surface area contributed by atoms with Crippen molar-refractivity contribution in [3.63, 3.8) is 0 Å². The molecule has 2 nitrogen and oxygen atoms in total. The molecule has 0 spiro atoms. The van der Waals surface area contributed by atoms with Gasteiger partial charge in [0.2, 0.25) is 0 Å². The molecule has 2 fully saturated rings. The minimum Gasteiger partial charge on any atom is -0.375 e. The highest BCUT2D eigenvalue weighted by atomic mass is 16.5. The van der Waals surface area contributed by atoms with E-state index in [0.717, 1.165) is 12.5 Å². The molecule has 1 aliphatic carbocycles. The third kappa shape index (κ3) is 6.58. The Bertz CT molecular complexity index is 338. The Balaban J connectivity index is 1.67. The number of likely N-dealkylation sites (tertiary alicyclic amines) is 1. The third-order valence-corrected chi connectivity index (χ3v) is 5.34. The number of piperidine rings is 1. The Morgan fingerprint density at radius 2 is 1.59 bits per heavy atom. The van der Waals surface area contributed by atoms with E-state index in [-0.39, 0.29) is 5.60 Å². The van der Waals surface area contributed by atoms with E-state index in [9.17, 15) is 0 Å². The van der Waals surface area contributed by atoms with Crippen LogP contribution in [-0.4, -0.2) is 36.7 Å². The average molecular weight is 310 g/mol. The first kappa shape index (κ1) is 18.3. The summed E-state index contributed by atoms with van der Waals surface area (Å²) in [5, 5.41) is 0. The van der Waals surface area contributed by atoms with Gasteiger partial charge in [0, 0.05) is 12.0 Å². The van der Waals surface area contributed by atoms with Crippen molar-refractivity contribution in [3.8, 4) is 0 Å².